The monoisotopic (exact) mass is 161 g/mol. The zero-order valence-electron chi connectivity index (χ0n) is 4.86. The first kappa shape index (κ1) is 6.84. The molecule has 0 radical (unpaired) electrons. The fourth-order valence-electron chi connectivity index (χ4n) is 0.517. The Labute approximate surface area is 63.6 Å². The van der Waals surface area contributed by atoms with Gasteiger partial charge >= 0.3 is 0 Å². The molecule has 0 bridgehead atoms. The highest BCUT2D eigenvalue weighted by molar-refractivity contribution is 6.42. The van der Waals surface area contributed by atoms with Crippen molar-refractivity contribution in [1.29, 1.82) is 0 Å². The molecule has 0 amide bonds. The van der Waals surface area contributed by atoms with Crippen LogP contribution in [0.3, 0.4) is 0 Å². The van der Waals surface area contributed by atoms with E-state index in [0.29, 0.717) is 10.0 Å². The first-order valence-corrected chi connectivity index (χ1v) is 3.24. The van der Waals surface area contributed by atoms with Crippen molar-refractivity contribution in [1.82, 2.24) is 4.98 Å². The molecule has 0 atom stereocenters. The maximum Gasteiger partial charge on any atom is 0.0804 e. The number of pyridine rings is 1. The van der Waals surface area contributed by atoms with Crippen LogP contribution in [0.4, 0.5) is 0 Å². The van der Waals surface area contributed by atoms with E-state index in [1.165, 1.54) is 0 Å². The summed E-state index contributed by atoms with van der Waals surface area (Å²) in [5.41, 5.74) is 0.768. The maximum atomic E-state index is 5.68. The number of rotatable bonds is 0. The number of aryl methyl sites for hydroxylation is 1. The lowest BCUT2D eigenvalue weighted by atomic mass is 10.4. The molecule has 48 valence electrons. The zero-order chi connectivity index (χ0) is 6.85. The second-order valence-corrected chi connectivity index (χ2v) is 2.48. The van der Waals surface area contributed by atoms with E-state index in [4.69, 9.17) is 23.2 Å². The van der Waals surface area contributed by atoms with Gasteiger partial charge in [-0.05, 0) is 13.0 Å². The molecular formula is C6H5Cl2N. The molecule has 1 rings (SSSR count). The summed E-state index contributed by atoms with van der Waals surface area (Å²) in [5, 5.41) is 1.10. The van der Waals surface area contributed by atoms with Crippen LogP contribution in [0, 0.1) is 6.92 Å². The standard InChI is InChI=1S/C6H5Cl2N/c1-4-6(8)5(7)2-3-9-4/h2-3H,1H3. The summed E-state index contributed by atoms with van der Waals surface area (Å²) in [7, 11) is 0. The van der Waals surface area contributed by atoms with Crippen molar-refractivity contribution < 1.29 is 0 Å². The lowest BCUT2D eigenvalue weighted by molar-refractivity contribution is 1.20. The van der Waals surface area contributed by atoms with Crippen molar-refractivity contribution in [3.8, 4) is 0 Å². The molecule has 9 heavy (non-hydrogen) atoms. The van der Waals surface area contributed by atoms with Gasteiger partial charge in [0.05, 0.1) is 15.7 Å². The van der Waals surface area contributed by atoms with Gasteiger partial charge < -0.3 is 0 Å². The SMILES string of the molecule is Cc1nccc(Cl)c1Cl. The summed E-state index contributed by atoms with van der Waals surface area (Å²) >= 11 is 11.3. The lowest BCUT2D eigenvalue weighted by Crippen LogP contribution is -1.80. The van der Waals surface area contributed by atoms with Crippen LogP contribution < -0.4 is 0 Å². The van der Waals surface area contributed by atoms with E-state index < -0.39 is 0 Å². The Hall–Kier alpha value is -0.270. The molecule has 0 unspecified atom stereocenters. The van der Waals surface area contributed by atoms with Crippen molar-refractivity contribution in [2.75, 3.05) is 0 Å². The molecule has 1 heterocycles. The predicted octanol–water partition coefficient (Wildman–Crippen LogP) is 2.70. The Kier molecular flexibility index (Phi) is 1.94. The number of halogens is 2. The number of nitrogens with zero attached hydrogens (tertiary/aromatic N) is 1. The highest BCUT2D eigenvalue weighted by Crippen LogP contribution is 2.22. The summed E-state index contributed by atoms with van der Waals surface area (Å²) in [6.07, 6.45) is 1.63. The topological polar surface area (TPSA) is 12.9 Å². The Balaban J connectivity index is 3.25. The Morgan fingerprint density at radius 1 is 1.44 bits per heavy atom. The van der Waals surface area contributed by atoms with Crippen LogP contribution in [-0.2, 0) is 0 Å². The van der Waals surface area contributed by atoms with Crippen LogP contribution in [0.15, 0.2) is 12.3 Å². The number of aromatic nitrogens is 1. The molecule has 0 saturated carbocycles. The fraction of sp³-hybridized carbons (Fsp3) is 0.167. The van der Waals surface area contributed by atoms with Gasteiger partial charge in [0, 0.05) is 6.20 Å². The largest absolute Gasteiger partial charge is 0.260 e. The summed E-state index contributed by atoms with van der Waals surface area (Å²) in [4.78, 5) is 3.92. The van der Waals surface area contributed by atoms with Crippen LogP contribution >= 0.6 is 23.2 Å². The van der Waals surface area contributed by atoms with E-state index in [2.05, 4.69) is 4.98 Å². The van der Waals surface area contributed by atoms with Gasteiger partial charge in [0.1, 0.15) is 0 Å². The van der Waals surface area contributed by atoms with E-state index in [1.54, 1.807) is 12.3 Å². The number of hydrogen-bond donors (Lipinski definition) is 0. The third kappa shape index (κ3) is 1.35. The van der Waals surface area contributed by atoms with Crippen molar-refractivity contribution in [3.63, 3.8) is 0 Å². The third-order valence-corrected chi connectivity index (χ3v) is 1.91. The minimum absolute atomic E-state index is 0.541. The van der Waals surface area contributed by atoms with Crippen LogP contribution in [0.1, 0.15) is 5.69 Å². The van der Waals surface area contributed by atoms with Gasteiger partial charge in [-0.2, -0.15) is 0 Å². The molecule has 0 N–H and O–H groups in total. The lowest BCUT2D eigenvalue weighted by Gasteiger charge is -1.95. The minimum atomic E-state index is 0.541. The second kappa shape index (κ2) is 2.54. The van der Waals surface area contributed by atoms with Gasteiger partial charge in [-0.25, -0.2) is 0 Å². The maximum absolute atomic E-state index is 5.68. The highest BCUT2D eigenvalue weighted by Gasteiger charge is 1.98. The highest BCUT2D eigenvalue weighted by atomic mass is 35.5. The van der Waals surface area contributed by atoms with Gasteiger partial charge in [-0.3, -0.25) is 4.98 Å². The van der Waals surface area contributed by atoms with Crippen molar-refractivity contribution in [2.45, 2.75) is 6.92 Å². The van der Waals surface area contributed by atoms with Gasteiger partial charge in [-0.1, -0.05) is 23.2 Å². The van der Waals surface area contributed by atoms with Crippen molar-refractivity contribution >= 4 is 23.2 Å². The smallest absolute Gasteiger partial charge is 0.0804 e. The molecule has 0 aliphatic carbocycles. The molecule has 0 aromatic carbocycles. The average Bonchev–Trinajstić information content (AvgIpc) is 1.83. The Morgan fingerprint density at radius 2 is 2.11 bits per heavy atom. The average molecular weight is 162 g/mol. The van der Waals surface area contributed by atoms with Gasteiger partial charge in [-0.15, -0.1) is 0 Å². The van der Waals surface area contributed by atoms with E-state index >= 15 is 0 Å². The normalized spacial score (nSPS) is 9.67. The summed E-state index contributed by atoms with van der Waals surface area (Å²) in [6.45, 7) is 1.81. The van der Waals surface area contributed by atoms with Gasteiger partial charge in [0.15, 0.2) is 0 Å². The van der Waals surface area contributed by atoms with Crippen molar-refractivity contribution in [2.24, 2.45) is 0 Å². The van der Waals surface area contributed by atoms with Crippen LogP contribution in [0.5, 0.6) is 0 Å². The van der Waals surface area contributed by atoms with E-state index in [0.717, 1.165) is 5.69 Å². The molecule has 0 aliphatic heterocycles. The third-order valence-electron chi connectivity index (χ3n) is 1.02. The molecule has 0 fully saturated rings. The van der Waals surface area contributed by atoms with E-state index in [1.807, 2.05) is 6.92 Å². The van der Waals surface area contributed by atoms with Crippen LogP contribution in [0.25, 0.3) is 0 Å². The first-order chi connectivity index (χ1) is 4.22. The van der Waals surface area contributed by atoms with Crippen LogP contribution in [0.2, 0.25) is 10.0 Å². The molecule has 0 spiro atoms. The quantitative estimate of drug-likeness (QED) is 0.571. The van der Waals surface area contributed by atoms with Crippen LogP contribution in [-0.4, -0.2) is 4.98 Å². The fourth-order valence-corrected chi connectivity index (χ4v) is 0.822. The summed E-state index contributed by atoms with van der Waals surface area (Å²) in [5.74, 6) is 0. The molecule has 1 aromatic heterocycles. The summed E-state index contributed by atoms with van der Waals surface area (Å²) < 4.78 is 0. The molecular weight excluding hydrogens is 157 g/mol. The van der Waals surface area contributed by atoms with E-state index in [-0.39, 0.29) is 0 Å². The second-order valence-electron chi connectivity index (χ2n) is 1.69. The van der Waals surface area contributed by atoms with E-state index in [9.17, 15) is 0 Å². The Morgan fingerprint density at radius 3 is 2.56 bits per heavy atom. The molecule has 1 nitrogen and oxygen atoms in total. The Bertz CT molecular complexity index is 202. The van der Waals surface area contributed by atoms with Gasteiger partial charge in [0.25, 0.3) is 0 Å². The molecule has 3 heteroatoms. The molecule has 0 saturated heterocycles. The van der Waals surface area contributed by atoms with Gasteiger partial charge in [0.2, 0.25) is 0 Å². The molecule has 0 aliphatic rings. The molecule has 1 aromatic rings. The first-order valence-electron chi connectivity index (χ1n) is 2.48. The zero-order valence-corrected chi connectivity index (χ0v) is 6.37. The predicted molar refractivity (Wildman–Crippen MR) is 39.0 cm³/mol. The van der Waals surface area contributed by atoms with Crippen molar-refractivity contribution in [3.05, 3.63) is 28.0 Å². The minimum Gasteiger partial charge on any atom is -0.260 e. The number of hydrogen-bond acceptors (Lipinski definition) is 1. The summed E-state index contributed by atoms with van der Waals surface area (Å²) in [6, 6.07) is 1.66.